The topological polar surface area (TPSA) is 80.6 Å². The molecular formula is C28H26F3N3O4. The number of hydrogen-bond donors (Lipinski definition) is 1. The van der Waals surface area contributed by atoms with Crippen molar-refractivity contribution in [3.8, 4) is 5.75 Å². The molecule has 0 unspecified atom stereocenters. The summed E-state index contributed by atoms with van der Waals surface area (Å²) in [5, 5.41) is 2.35. The summed E-state index contributed by atoms with van der Waals surface area (Å²) >= 11 is 0. The van der Waals surface area contributed by atoms with Crippen molar-refractivity contribution in [3.05, 3.63) is 98.7 Å². The number of carbonyl (C=O) groups is 2. The van der Waals surface area contributed by atoms with Crippen molar-refractivity contribution < 1.29 is 27.5 Å². The number of aromatic nitrogens is 1. The first-order chi connectivity index (χ1) is 18.3. The van der Waals surface area contributed by atoms with Crippen LogP contribution in [0.15, 0.2) is 53.5 Å². The lowest BCUT2D eigenvalue weighted by molar-refractivity contribution is 0.0503. The molecule has 7 nitrogen and oxygen atoms in total. The molecule has 10 heteroatoms. The normalized spacial score (nSPS) is 18.5. The molecular weight excluding hydrogens is 499 g/mol. The zero-order valence-corrected chi connectivity index (χ0v) is 20.7. The van der Waals surface area contributed by atoms with Crippen LogP contribution >= 0.6 is 0 Å². The van der Waals surface area contributed by atoms with E-state index < -0.39 is 40.9 Å². The molecule has 2 aromatic carbocycles. The van der Waals surface area contributed by atoms with Crippen LogP contribution in [-0.4, -0.2) is 34.4 Å². The van der Waals surface area contributed by atoms with E-state index in [9.17, 15) is 27.6 Å². The van der Waals surface area contributed by atoms with Gasteiger partial charge in [0.25, 0.3) is 11.8 Å². The van der Waals surface area contributed by atoms with Gasteiger partial charge in [0.2, 0.25) is 5.43 Å². The third-order valence-corrected chi connectivity index (χ3v) is 7.27. The van der Waals surface area contributed by atoms with E-state index in [1.165, 1.54) is 6.20 Å². The smallest absolute Gasteiger partial charge is 0.274 e. The summed E-state index contributed by atoms with van der Waals surface area (Å²) in [6.45, 7) is -0.614. The van der Waals surface area contributed by atoms with E-state index >= 15 is 0 Å². The van der Waals surface area contributed by atoms with Crippen molar-refractivity contribution in [2.45, 2.75) is 50.9 Å². The lowest BCUT2D eigenvalue weighted by atomic mass is 9.86. The number of benzene rings is 2. The SMILES string of the molecule is CN1C(=O)c2c(OCc3ccccc3)c(=O)c(C(=O)NCc3c(F)cc(F)cc3F)cn2[C@@H]2CCCC[C@H]21. The van der Waals surface area contributed by atoms with Crippen molar-refractivity contribution in [2.75, 3.05) is 7.05 Å². The number of nitrogens with zero attached hydrogens (tertiary/aromatic N) is 2. The predicted molar refractivity (Wildman–Crippen MR) is 132 cm³/mol. The van der Waals surface area contributed by atoms with Gasteiger partial charge in [-0.2, -0.15) is 0 Å². The first kappa shape index (κ1) is 25.6. The largest absolute Gasteiger partial charge is 0.483 e. The molecule has 1 aliphatic heterocycles. The molecule has 0 bridgehead atoms. The zero-order chi connectivity index (χ0) is 27.0. The fourth-order valence-electron chi connectivity index (χ4n) is 5.29. The first-order valence-corrected chi connectivity index (χ1v) is 12.4. The van der Waals surface area contributed by atoms with Crippen molar-refractivity contribution in [1.82, 2.24) is 14.8 Å². The summed E-state index contributed by atoms with van der Waals surface area (Å²) in [6, 6.07) is 9.81. The molecule has 198 valence electrons. The Bertz CT molecular complexity index is 1430. The molecule has 2 heterocycles. The van der Waals surface area contributed by atoms with E-state index in [1.807, 2.05) is 18.2 Å². The van der Waals surface area contributed by atoms with Gasteiger partial charge in [0.15, 0.2) is 11.4 Å². The summed E-state index contributed by atoms with van der Waals surface area (Å²) < 4.78 is 49.0. The molecule has 5 rings (SSSR count). The van der Waals surface area contributed by atoms with E-state index in [0.29, 0.717) is 12.1 Å². The number of fused-ring (bicyclic) bond motifs is 3. The van der Waals surface area contributed by atoms with Gasteiger partial charge < -0.3 is 19.5 Å². The molecule has 0 radical (unpaired) electrons. The number of rotatable bonds is 6. The van der Waals surface area contributed by atoms with Gasteiger partial charge in [0.1, 0.15) is 29.6 Å². The fourth-order valence-corrected chi connectivity index (χ4v) is 5.29. The number of nitrogens with one attached hydrogen (secondary N) is 1. The molecule has 2 aliphatic rings. The Hall–Kier alpha value is -4.08. The Morgan fingerprint density at radius 2 is 1.68 bits per heavy atom. The van der Waals surface area contributed by atoms with E-state index in [4.69, 9.17) is 4.74 Å². The van der Waals surface area contributed by atoms with Gasteiger partial charge in [0.05, 0.1) is 12.1 Å². The maximum atomic E-state index is 14.1. The quantitative estimate of drug-likeness (QED) is 0.519. The van der Waals surface area contributed by atoms with Gasteiger partial charge in [-0.1, -0.05) is 43.2 Å². The molecule has 3 aromatic rings. The average Bonchev–Trinajstić information content (AvgIpc) is 2.90. The van der Waals surface area contributed by atoms with E-state index in [-0.39, 0.29) is 41.6 Å². The maximum absolute atomic E-state index is 14.1. The Labute approximate surface area is 216 Å². The number of pyridine rings is 1. The summed E-state index contributed by atoms with van der Waals surface area (Å²) in [5.74, 6) is -4.92. The van der Waals surface area contributed by atoms with Crippen LogP contribution in [0.1, 0.15) is 63.7 Å². The molecule has 1 aromatic heterocycles. The standard InChI is InChI=1S/C28H26F3N3O4/c1-33-22-9-5-6-10-23(22)34-14-19(27(36)32-13-18-20(30)11-17(29)12-21(18)31)25(35)26(24(34)28(33)37)38-15-16-7-3-2-4-8-16/h2-4,7-8,11-12,14,22-23H,5-6,9-10,13,15H2,1H3,(H,32,36)/t22-,23-/m1/s1. The van der Waals surface area contributed by atoms with Crippen molar-refractivity contribution in [3.63, 3.8) is 0 Å². The Balaban J connectivity index is 1.54. The van der Waals surface area contributed by atoms with Crippen LogP contribution in [0.5, 0.6) is 5.75 Å². The van der Waals surface area contributed by atoms with Gasteiger partial charge in [-0.05, 0) is 18.4 Å². The van der Waals surface area contributed by atoms with Crippen LogP contribution in [0.25, 0.3) is 0 Å². The van der Waals surface area contributed by atoms with Crippen LogP contribution in [0.4, 0.5) is 13.2 Å². The monoisotopic (exact) mass is 525 g/mol. The molecule has 1 aliphatic carbocycles. The summed E-state index contributed by atoms with van der Waals surface area (Å²) in [4.78, 5) is 41.7. The van der Waals surface area contributed by atoms with E-state index in [0.717, 1.165) is 31.2 Å². The van der Waals surface area contributed by atoms with E-state index in [1.54, 1.807) is 28.6 Å². The minimum Gasteiger partial charge on any atom is -0.483 e. The number of likely N-dealkylation sites (N-methyl/N-ethyl adjacent to an activating group) is 1. The second-order valence-corrected chi connectivity index (χ2v) is 9.60. The molecule has 38 heavy (non-hydrogen) atoms. The van der Waals surface area contributed by atoms with Crippen LogP contribution in [0.2, 0.25) is 0 Å². The van der Waals surface area contributed by atoms with Gasteiger partial charge in [0, 0.05) is 37.5 Å². The van der Waals surface area contributed by atoms with Crippen LogP contribution in [-0.2, 0) is 13.2 Å². The summed E-state index contributed by atoms with van der Waals surface area (Å²) in [7, 11) is 1.70. The molecule has 1 saturated carbocycles. The van der Waals surface area contributed by atoms with E-state index in [2.05, 4.69) is 5.32 Å². The second-order valence-electron chi connectivity index (χ2n) is 9.60. The number of ether oxygens (including phenoxy) is 1. The maximum Gasteiger partial charge on any atom is 0.274 e. The number of amides is 2. The number of halogens is 3. The van der Waals surface area contributed by atoms with Crippen LogP contribution in [0.3, 0.4) is 0 Å². The third-order valence-electron chi connectivity index (χ3n) is 7.27. The Morgan fingerprint density at radius 1 is 1.03 bits per heavy atom. The second kappa shape index (κ2) is 10.4. The highest BCUT2D eigenvalue weighted by molar-refractivity contribution is 5.99. The molecule has 0 spiro atoms. The average molecular weight is 526 g/mol. The van der Waals surface area contributed by atoms with Crippen molar-refractivity contribution in [2.24, 2.45) is 0 Å². The van der Waals surface area contributed by atoms with Gasteiger partial charge in [-0.15, -0.1) is 0 Å². The highest BCUT2D eigenvalue weighted by Gasteiger charge is 2.42. The minimum absolute atomic E-state index is 0.00869. The highest BCUT2D eigenvalue weighted by Crippen LogP contribution is 2.38. The Kier molecular flexibility index (Phi) is 6.96. The van der Waals surface area contributed by atoms with Gasteiger partial charge >= 0.3 is 0 Å². The first-order valence-electron chi connectivity index (χ1n) is 12.4. The predicted octanol–water partition coefficient (Wildman–Crippen LogP) is 4.34. The van der Waals surface area contributed by atoms with Crippen molar-refractivity contribution >= 4 is 11.8 Å². The van der Waals surface area contributed by atoms with Crippen molar-refractivity contribution in [1.29, 1.82) is 0 Å². The summed E-state index contributed by atoms with van der Waals surface area (Å²) in [6.07, 6.45) is 4.73. The molecule has 2 atom stereocenters. The zero-order valence-electron chi connectivity index (χ0n) is 20.7. The highest BCUT2D eigenvalue weighted by atomic mass is 19.1. The van der Waals surface area contributed by atoms with Gasteiger partial charge in [-0.25, -0.2) is 13.2 Å². The molecule has 1 fully saturated rings. The lowest BCUT2D eigenvalue weighted by Gasteiger charge is -2.44. The van der Waals surface area contributed by atoms with Gasteiger partial charge in [-0.3, -0.25) is 14.4 Å². The third kappa shape index (κ3) is 4.66. The molecule has 0 saturated heterocycles. The number of hydrogen-bond acceptors (Lipinski definition) is 4. The molecule has 2 amide bonds. The van der Waals surface area contributed by atoms with Crippen LogP contribution in [0, 0.1) is 17.5 Å². The molecule has 1 N–H and O–H groups in total. The van der Waals surface area contributed by atoms with Crippen LogP contribution < -0.4 is 15.5 Å². The summed E-state index contributed by atoms with van der Waals surface area (Å²) in [5.41, 5.74) is -0.830. The minimum atomic E-state index is -1.16. The number of carbonyl (C=O) groups excluding carboxylic acids is 2. The lowest BCUT2D eigenvalue weighted by Crippen LogP contribution is -2.51. The fraction of sp³-hybridized carbons (Fsp3) is 0.321. The Morgan fingerprint density at radius 3 is 2.37 bits per heavy atom.